The van der Waals surface area contributed by atoms with E-state index in [1.807, 2.05) is 4.90 Å². The van der Waals surface area contributed by atoms with Gasteiger partial charge in [0.1, 0.15) is 12.1 Å². The highest BCUT2D eigenvalue weighted by Crippen LogP contribution is 2.35. The number of carbonyl (C=O) groups excluding carboxylic acids is 2. The van der Waals surface area contributed by atoms with Gasteiger partial charge >= 0.3 is 0 Å². The standard InChI is InChI=1S/C16H28N2O2/c1-10(2)7-8-18-13(9-11(3)4)15(19)17-14(16(18)20)12-5-6-12/h10-14H,5-9H2,1-4H3,(H,17,19). The first-order chi connectivity index (χ1) is 9.40. The van der Waals surface area contributed by atoms with Gasteiger partial charge in [-0.15, -0.1) is 0 Å². The first kappa shape index (κ1) is 15.3. The van der Waals surface area contributed by atoms with Crippen LogP contribution < -0.4 is 5.32 Å². The topological polar surface area (TPSA) is 49.4 Å². The summed E-state index contributed by atoms with van der Waals surface area (Å²) in [6.45, 7) is 9.23. The van der Waals surface area contributed by atoms with Gasteiger partial charge in [-0.2, -0.15) is 0 Å². The van der Waals surface area contributed by atoms with Crippen LogP contribution in [0.15, 0.2) is 0 Å². The van der Waals surface area contributed by atoms with Crippen molar-refractivity contribution in [2.24, 2.45) is 17.8 Å². The SMILES string of the molecule is CC(C)CCN1C(=O)C(C2CC2)NC(=O)C1CC(C)C. The van der Waals surface area contributed by atoms with Crippen molar-refractivity contribution in [1.29, 1.82) is 0 Å². The first-order valence-electron chi connectivity index (χ1n) is 8.01. The summed E-state index contributed by atoms with van der Waals surface area (Å²) in [5, 5.41) is 2.97. The smallest absolute Gasteiger partial charge is 0.246 e. The lowest BCUT2D eigenvalue weighted by Crippen LogP contribution is -2.64. The van der Waals surface area contributed by atoms with E-state index in [1.54, 1.807) is 0 Å². The van der Waals surface area contributed by atoms with Crippen molar-refractivity contribution >= 4 is 11.8 Å². The van der Waals surface area contributed by atoms with Crippen LogP contribution in [0.3, 0.4) is 0 Å². The molecule has 0 radical (unpaired) electrons. The Labute approximate surface area is 122 Å². The molecule has 2 fully saturated rings. The maximum atomic E-state index is 12.7. The third-order valence-corrected chi connectivity index (χ3v) is 4.26. The summed E-state index contributed by atoms with van der Waals surface area (Å²) in [7, 11) is 0. The van der Waals surface area contributed by atoms with Crippen molar-refractivity contribution in [1.82, 2.24) is 10.2 Å². The Kier molecular flexibility index (Phi) is 4.71. The molecule has 1 heterocycles. The highest BCUT2D eigenvalue weighted by molar-refractivity contribution is 5.97. The van der Waals surface area contributed by atoms with Crippen LogP contribution in [0.2, 0.25) is 0 Å². The lowest BCUT2D eigenvalue weighted by atomic mass is 9.95. The van der Waals surface area contributed by atoms with Gasteiger partial charge < -0.3 is 10.2 Å². The average molecular weight is 280 g/mol. The maximum absolute atomic E-state index is 12.7. The molecule has 1 aliphatic carbocycles. The second kappa shape index (κ2) is 6.15. The number of rotatable bonds is 6. The number of hydrogen-bond acceptors (Lipinski definition) is 2. The molecule has 1 aliphatic heterocycles. The molecule has 2 amide bonds. The maximum Gasteiger partial charge on any atom is 0.246 e. The van der Waals surface area contributed by atoms with Crippen molar-refractivity contribution in [3.8, 4) is 0 Å². The van der Waals surface area contributed by atoms with Crippen molar-refractivity contribution < 1.29 is 9.59 Å². The van der Waals surface area contributed by atoms with Crippen LogP contribution >= 0.6 is 0 Å². The normalized spacial score (nSPS) is 27.4. The van der Waals surface area contributed by atoms with Gasteiger partial charge in [-0.3, -0.25) is 9.59 Å². The Morgan fingerprint density at radius 3 is 2.30 bits per heavy atom. The second-order valence-corrected chi connectivity index (χ2v) is 7.18. The van der Waals surface area contributed by atoms with Gasteiger partial charge in [0.25, 0.3) is 0 Å². The van der Waals surface area contributed by atoms with Crippen LogP contribution in [0.4, 0.5) is 0 Å². The van der Waals surface area contributed by atoms with Crippen molar-refractivity contribution in [3.05, 3.63) is 0 Å². The van der Waals surface area contributed by atoms with Crippen LogP contribution in [0.1, 0.15) is 53.4 Å². The van der Waals surface area contributed by atoms with Gasteiger partial charge in [0.15, 0.2) is 0 Å². The third kappa shape index (κ3) is 3.53. The predicted molar refractivity (Wildman–Crippen MR) is 79.1 cm³/mol. The van der Waals surface area contributed by atoms with Gasteiger partial charge in [-0.05, 0) is 43.4 Å². The van der Waals surface area contributed by atoms with E-state index in [1.165, 1.54) is 0 Å². The zero-order valence-corrected chi connectivity index (χ0v) is 13.2. The summed E-state index contributed by atoms with van der Waals surface area (Å²) in [5.74, 6) is 1.55. The van der Waals surface area contributed by atoms with Crippen LogP contribution in [0, 0.1) is 17.8 Å². The number of carbonyl (C=O) groups is 2. The van der Waals surface area contributed by atoms with Crippen LogP contribution in [-0.2, 0) is 9.59 Å². The Hall–Kier alpha value is -1.06. The van der Waals surface area contributed by atoms with E-state index in [-0.39, 0.29) is 23.9 Å². The molecule has 20 heavy (non-hydrogen) atoms. The van der Waals surface area contributed by atoms with E-state index < -0.39 is 0 Å². The minimum atomic E-state index is -0.267. The summed E-state index contributed by atoms with van der Waals surface area (Å²) < 4.78 is 0. The number of hydrogen-bond donors (Lipinski definition) is 1. The molecule has 1 N–H and O–H groups in total. The summed E-state index contributed by atoms with van der Waals surface area (Å²) in [5.41, 5.74) is 0. The van der Waals surface area contributed by atoms with Gasteiger partial charge in [0, 0.05) is 6.54 Å². The lowest BCUT2D eigenvalue weighted by Gasteiger charge is -2.40. The minimum Gasteiger partial charge on any atom is -0.342 e. The fourth-order valence-electron chi connectivity index (χ4n) is 2.88. The number of nitrogens with one attached hydrogen (secondary N) is 1. The molecule has 114 valence electrons. The Bertz CT molecular complexity index is 375. The van der Waals surface area contributed by atoms with E-state index in [0.29, 0.717) is 24.3 Å². The Balaban J connectivity index is 2.11. The fraction of sp³-hybridized carbons (Fsp3) is 0.875. The number of nitrogens with zero attached hydrogens (tertiary/aromatic N) is 1. The van der Waals surface area contributed by atoms with E-state index >= 15 is 0 Å². The zero-order valence-electron chi connectivity index (χ0n) is 13.2. The molecular formula is C16H28N2O2. The highest BCUT2D eigenvalue weighted by Gasteiger charge is 2.46. The summed E-state index contributed by atoms with van der Waals surface area (Å²) in [4.78, 5) is 26.9. The molecule has 0 aromatic carbocycles. The minimum absolute atomic E-state index is 0.0546. The molecule has 2 unspecified atom stereocenters. The predicted octanol–water partition coefficient (Wildman–Crippen LogP) is 2.18. The van der Waals surface area contributed by atoms with Crippen molar-refractivity contribution in [3.63, 3.8) is 0 Å². The van der Waals surface area contributed by atoms with E-state index in [0.717, 1.165) is 25.7 Å². The first-order valence-corrected chi connectivity index (χ1v) is 8.01. The molecule has 2 aliphatic rings. The molecule has 1 saturated heterocycles. The summed E-state index contributed by atoms with van der Waals surface area (Å²) in [6.07, 6.45) is 3.87. The van der Waals surface area contributed by atoms with E-state index in [4.69, 9.17) is 0 Å². The van der Waals surface area contributed by atoms with Gasteiger partial charge in [-0.1, -0.05) is 27.7 Å². The van der Waals surface area contributed by atoms with Gasteiger partial charge in [-0.25, -0.2) is 0 Å². The van der Waals surface area contributed by atoms with E-state index in [2.05, 4.69) is 33.0 Å². The number of amides is 2. The second-order valence-electron chi connectivity index (χ2n) is 7.18. The summed E-state index contributed by atoms with van der Waals surface area (Å²) >= 11 is 0. The monoisotopic (exact) mass is 280 g/mol. The largest absolute Gasteiger partial charge is 0.342 e. The molecule has 4 heteroatoms. The molecule has 4 nitrogen and oxygen atoms in total. The van der Waals surface area contributed by atoms with Gasteiger partial charge in [0.2, 0.25) is 11.8 Å². The molecular weight excluding hydrogens is 252 g/mol. The van der Waals surface area contributed by atoms with Crippen LogP contribution in [0.25, 0.3) is 0 Å². The lowest BCUT2D eigenvalue weighted by molar-refractivity contribution is -0.150. The Morgan fingerprint density at radius 1 is 1.15 bits per heavy atom. The summed E-state index contributed by atoms with van der Waals surface area (Å²) in [6, 6.07) is -0.519. The molecule has 1 saturated carbocycles. The van der Waals surface area contributed by atoms with Crippen molar-refractivity contribution in [2.45, 2.75) is 65.5 Å². The third-order valence-electron chi connectivity index (χ3n) is 4.26. The zero-order chi connectivity index (χ0) is 14.9. The highest BCUT2D eigenvalue weighted by atomic mass is 16.2. The molecule has 0 spiro atoms. The fourth-order valence-corrected chi connectivity index (χ4v) is 2.88. The Morgan fingerprint density at radius 2 is 1.80 bits per heavy atom. The van der Waals surface area contributed by atoms with Crippen molar-refractivity contribution in [2.75, 3.05) is 6.54 Å². The molecule has 0 bridgehead atoms. The number of piperazine rings is 1. The van der Waals surface area contributed by atoms with Gasteiger partial charge in [0.05, 0.1) is 0 Å². The molecule has 2 rings (SSSR count). The average Bonchev–Trinajstić information content (AvgIpc) is 3.16. The molecule has 0 aromatic heterocycles. The van der Waals surface area contributed by atoms with Crippen LogP contribution in [-0.4, -0.2) is 35.3 Å². The molecule has 0 aromatic rings. The quantitative estimate of drug-likeness (QED) is 0.811. The van der Waals surface area contributed by atoms with E-state index in [9.17, 15) is 9.59 Å². The van der Waals surface area contributed by atoms with Crippen LogP contribution in [0.5, 0.6) is 0 Å². The molecule has 2 atom stereocenters.